The second-order valence-electron chi connectivity index (χ2n) is 2.05. The molecule has 3 nitrogen and oxygen atoms in total. The molecule has 0 amide bonds. The molecule has 0 aliphatic rings. The highest BCUT2D eigenvalue weighted by atomic mass is 16.5. The highest BCUT2D eigenvalue weighted by molar-refractivity contribution is 5.87. The Kier molecular flexibility index (Phi) is 5.25. The Labute approximate surface area is 68.9 Å². The summed E-state index contributed by atoms with van der Waals surface area (Å²) in [4.78, 5) is 10.9. The maximum absolute atomic E-state index is 10.9. The van der Waals surface area contributed by atoms with Gasteiger partial charge in [-0.3, -0.25) is 0 Å². The first-order valence-corrected chi connectivity index (χ1v) is 3.78. The lowest BCUT2D eigenvalue weighted by Crippen LogP contribution is -2.21. The second kappa shape index (κ2) is 5.77. The van der Waals surface area contributed by atoms with E-state index in [1.54, 1.807) is 0 Å². The van der Waals surface area contributed by atoms with E-state index in [0.29, 0.717) is 5.70 Å². The highest BCUT2D eigenvalue weighted by Gasteiger charge is 2.05. The zero-order valence-electron chi connectivity index (χ0n) is 7.31. The molecule has 1 N–H and O–H groups in total. The summed E-state index contributed by atoms with van der Waals surface area (Å²) < 4.78 is 4.55. The number of hydrogen-bond donors (Lipinski definition) is 1. The van der Waals surface area contributed by atoms with Crippen molar-refractivity contribution in [1.82, 2.24) is 5.32 Å². The Morgan fingerprint density at radius 1 is 1.64 bits per heavy atom. The van der Waals surface area contributed by atoms with Crippen LogP contribution in [0.1, 0.15) is 21.7 Å². The summed E-state index contributed by atoms with van der Waals surface area (Å²) in [6, 6.07) is 0. The Balaban J connectivity index is 0. The summed E-state index contributed by atoms with van der Waals surface area (Å²) in [5, 5.41) is 2.92. The van der Waals surface area contributed by atoms with Crippen LogP contribution in [0.4, 0.5) is 0 Å². The fourth-order valence-corrected chi connectivity index (χ4v) is 0.732. The third-order valence-electron chi connectivity index (χ3n) is 1.18. The molecule has 0 bridgehead atoms. The van der Waals surface area contributed by atoms with Gasteiger partial charge in [-0.15, -0.1) is 0 Å². The van der Waals surface area contributed by atoms with Crippen LogP contribution in [0.2, 0.25) is 0 Å². The molecule has 0 fully saturated rings. The lowest BCUT2D eigenvalue weighted by atomic mass is 10.3. The van der Waals surface area contributed by atoms with Crippen LogP contribution < -0.4 is 5.32 Å². The largest absolute Gasteiger partial charge is 0.464 e. The normalized spacial score (nSPS) is 11.0. The van der Waals surface area contributed by atoms with Crippen LogP contribution in [0.25, 0.3) is 0 Å². The van der Waals surface area contributed by atoms with E-state index >= 15 is 0 Å². The van der Waals surface area contributed by atoms with E-state index in [1.165, 1.54) is 7.11 Å². The predicted molar refractivity (Wildman–Crippen MR) is 46.2 cm³/mol. The van der Waals surface area contributed by atoms with Gasteiger partial charge in [-0.2, -0.15) is 0 Å². The van der Waals surface area contributed by atoms with Crippen molar-refractivity contribution in [2.45, 2.75) is 20.3 Å². The Hall–Kier alpha value is -0.990. The predicted octanol–water partition coefficient (Wildman–Crippen LogP) is 1.31. The van der Waals surface area contributed by atoms with Gasteiger partial charge in [0.2, 0.25) is 0 Å². The molecule has 0 aromatic rings. The summed E-state index contributed by atoms with van der Waals surface area (Å²) in [5.41, 5.74) is 0.553. The van der Waals surface area contributed by atoms with Gasteiger partial charge in [0.15, 0.2) is 0 Å². The molecule has 0 aliphatic carbocycles. The monoisotopic (exact) mass is 159 g/mol. The van der Waals surface area contributed by atoms with Gasteiger partial charge in [0.1, 0.15) is 5.70 Å². The van der Waals surface area contributed by atoms with Gasteiger partial charge in [0, 0.05) is 7.97 Å². The average Bonchev–Trinajstić information content (AvgIpc) is 2.03. The van der Waals surface area contributed by atoms with Gasteiger partial charge < -0.3 is 10.1 Å². The second-order valence-corrected chi connectivity index (χ2v) is 2.05. The number of carbonyl (C=O) groups excluding carboxylic acids is 1. The van der Waals surface area contributed by atoms with Crippen LogP contribution in [-0.4, -0.2) is 19.6 Å². The molecule has 0 rings (SSSR count). The van der Waals surface area contributed by atoms with Crippen LogP contribution >= 0.6 is 0 Å². The van der Waals surface area contributed by atoms with E-state index in [4.69, 9.17) is 0 Å². The van der Waals surface area contributed by atoms with Crippen LogP contribution in [0.5, 0.6) is 0 Å². The highest BCUT2D eigenvalue weighted by Crippen LogP contribution is 1.94. The van der Waals surface area contributed by atoms with E-state index in [9.17, 15) is 4.79 Å². The molecule has 0 unspecified atom stereocenters. The first-order chi connectivity index (χ1) is 5.26. The smallest absolute Gasteiger partial charge is 0.353 e. The molecule has 0 atom stereocenters. The van der Waals surface area contributed by atoms with Crippen LogP contribution in [-0.2, 0) is 9.53 Å². The van der Waals surface area contributed by atoms with Crippen molar-refractivity contribution < 1.29 is 11.0 Å². The van der Waals surface area contributed by atoms with Crippen molar-refractivity contribution in [3.05, 3.63) is 11.8 Å². The molecule has 66 valence electrons. The van der Waals surface area contributed by atoms with Crippen molar-refractivity contribution in [3.8, 4) is 0 Å². The lowest BCUT2D eigenvalue weighted by molar-refractivity contribution is -0.136. The lowest BCUT2D eigenvalue weighted by Gasteiger charge is -2.05. The van der Waals surface area contributed by atoms with Crippen LogP contribution in [0, 0.1) is 0 Å². The molecular weight excluding hydrogens is 142 g/mol. The molecule has 0 aromatic carbocycles. The molecule has 0 saturated carbocycles. The molecule has 0 aliphatic heterocycles. The Morgan fingerprint density at radius 3 is 2.64 bits per heavy atom. The molecule has 0 spiro atoms. The van der Waals surface area contributed by atoms with Crippen LogP contribution in [0.3, 0.4) is 0 Å². The quantitative estimate of drug-likeness (QED) is 0.496. The molecule has 0 radical (unpaired) electrons. The van der Waals surface area contributed by atoms with Gasteiger partial charge in [-0.1, -0.05) is 13.0 Å². The van der Waals surface area contributed by atoms with E-state index in [1.807, 2.05) is 19.9 Å². The van der Waals surface area contributed by atoms with Crippen molar-refractivity contribution >= 4 is 5.97 Å². The third-order valence-corrected chi connectivity index (χ3v) is 1.18. The minimum Gasteiger partial charge on any atom is -0.464 e. The molecule has 0 heterocycles. The van der Waals surface area contributed by atoms with Crippen molar-refractivity contribution in [2.75, 3.05) is 13.7 Å². The van der Waals surface area contributed by atoms with E-state index in [0.717, 1.165) is 13.0 Å². The fraction of sp³-hybridized carbons (Fsp3) is 0.625. The summed E-state index contributed by atoms with van der Waals surface area (Å²) >= 11 is 0. The SMILES string of the molecule is CC/C=C(\NCC)C(=O)OC.[HH]. The standard InChI is InChI=1S/C8H15NO2.H2/c1-4-6-7(9-5-2)8(10)11-3;/h6,9H,4-5H2,1-3H3;1H/b7-6-;. The van der Waals surface area contributed by atoms with Crippen LogP contribution in [0.15, 0.2) is 11.8 Å². The number of carbonyl (C=O) groups is 1. The van der Waals surface area contributed by atoms with E-state index < -0.39 is 0 Å². The zero-order chi connectivity index (χ0) is 8.69. The topological polar surface area (TPSA) is 38.3 Å². The first kappa shape index (κ1) is 10.0. The number of rotatable bonds is 4. The number of allylic oxidation sites excluding steroid dienone is 1. The average molecular weight is 159 g/mol. The molecule has 3 heteroatoms. The molecular formula is C8H17NO2. The minimum atomic E-state index is -0.297. The van der Waals surface area contributed by atoms with Gasteiger partial charge in [-0.25, -0.2) is 4.79 Å². The van der Waals surface area contributed by atoms with E-state index in [-0.39, 0.29) is 7.40 Å². The number of ether oxygens (including phenoxy) is 1. The molecule has 0 aromatic heterocycles. The van der Waals surface area contributed by atoms with Crippen molar-refractivity contribution in [3.63, 3.8) is 0 Å². The summed E-state index contributed by atoms with van der Waals surface area (Å²) in [7, 11) is 1.38. The summed E-state index contributed by atoms with van der Waals surface area (Å²) in [5.74, 6) is -0.297. The summed E-state index contributed by atoms with van der Waals surface area (Å²) in [6.07, 6.45) is 2.65. The zero-order valence-corrected chi connectivity index (χ0v) is 7.31. The Morgan fingerprint density at radius 2 is 2.27 bits per heavy atom. The maximum Gasteiger partial charge on any atom is 0.353 e. The number of nitrogens with one attached hydrogen (secondary N) is 1. The number of hydrogen-bond acceptors (Lipinski definition) is 3. The van der Waals surface area contributed by atoms with Gasteiger partial charge in [0.25, 0.3) is 0 Å². The van der Waals surface area contributed by atoms with Gasteiger partial charge >= 0.3 is 5.97 Å². The summed E-state index contributed by atoms with van der Waals surface area (Å²) in [6.45, 7) is 4.65. The van der Waals surface area contributed by atoms with Gasteiger partial charge in [-0.05, 0) is 13.3 Å². The molecule has 0 saturated heterocycles. The van der Waals surface area contributed by atoms with Crippen molar-refractivity contribution in [2.24, 2.45) is 0 Å². The number of esters is 1. The first-order valence-electron chi connectivity index (χ1n) is 3.78. The third kappa shape index (κ3) is 3.65. The Bertz CT molecular complexity index is 157. The minimum absolute atomic E-state index is 0. The molecule has 11 heavy (non-hydrogen) atoms. The van der Waals surface area contributed by atoms with Crippen molar-refractivity contribution in [1.29, 1.82) is 0 Å². The number of likely N-dealkylation sites (N-methyl/N-ethyl adjacent to an activating group) is 1. The maximum atomic E-state index is 10.9. The van der Waals surface area contributed by atoms with Gasteiger partial charge in [0.05, 0.1) is 7.11 Å². The fourth-order valence-electron chi connectivity index (χ4n) is 0.732. The van der Waals surface area contributed by atoms with E-state index in [2.05, 4.69) is 10.1 Å². The number of methoxy groups -OCH3 is 1.